The van der Waals surface area contributed by atoms with Gasteiger partial charge in [-0.05, 0) is 24.1 Å². The fourth-order valence-corrected chi connectivity index (χ4v) is 5.01. The number of anilines is 1. The normalized spacial score (nSPS) is 16.1. The molecule has 4 aromatic rings. The Kier molecular flexibility index (Phi) is 4.23. The first kappa shape index (κ1) is 20.0. The molecule has 0 saturated carbocycles. The van der Waals surface area contributed by atoms with E-state index in [-0.39, 0.29) is 11.3 Å². The van der Waals surface area contributed by atoms with Gasteiger partial charge in [0.1, 0.15) is 11.9 Å². The monoisotopic (exact) mass is 448 g/mol. The van der Waals surface area contributed by atoms with Crippen LogP contribution < -0.4 is 4.90 Å². The lowest BCUT2D eigenvalue weighted by Crippen LogP contribution is -2.73. The number of fused-ring (bicyclic) bond motifs is 1. The second-order valence-corrected chi connectivity index (χ2v) is 9.08. The van der Waals surface area contributed by atoms with Gasteiger partial charge in [0.2, 0.25) is 0 Å². The van der Waals surface area contributed by atoms with E-state index >= 15 is 0 Å². The maximum Gasteiger partial charge on any atom is 0.298 e. The van der Waals surface area contributed by atoms with Crippen LogP contribution in [0.4, 0.5) is 5.82 Å². The highest BCUT2D eigenvalue weighted by molar-refractivity contribution is 5.93. The average molecular weight is 448 g/mol. The predicted molar refractivity (Wildman–Crippen MR) is 125 cm³/mol. The minimum absolute atomic E-state index is 0.135. The second kappa shape index (κ2) is 7.19. The molecule has 6 heterocycles. The molecule has 0 aliphatic carbocycles. The van der Waals surface area contributed by atoms with Crippen molar-refractivity contribution in [2.75, 3.05) is 31.1 Å². The molecular weight excluding hydrogens is 428 g/mol. The summed E-state index contributed by atoms with van der Waals surface area (Å²) in [5, 5.41) is 18.3. The molecule has 1 amide bonds. The number of terminal acetylenes is 1. The Bertz CT molecular complexity index is 1520. The Labute approximate surface area is 195 Å². The van der Waals surface area contributed by atoms with Gasteiger partial charge >= 0.3 is 0 Å². The number of carbonyl (C=O) groups is 1. The number of aryl methyl sites for hydroxylation is 1. The molecule has 6 rings (SSSR count). The van der Waals surface area contributed by atoms with Crippen LogP contribution in [-0.4, -0.2) is 61.4 Å². The number of likely N-dealkylation sites (tertiary alicyclic amines) is 1. The molecule has 34 heavy (non-hydrogen) atoms. The number of nitrogens with zero attached hydrogens (tertiary/aromatic N) is 8. The van der Waals surface area contributed by atoms with Gasteiger partial charge in [-0.2, -0.15) is 15.5 Å². The fourth-order valence-electron chi connectivity index (χ4n) is 5.01. The Morgan fingerprint density at radius 1 is 1.06 bits per heavy atom. The van der Waals surface area contributed by atoms with Crippen molar-refractivity contribution in [2.24, 2.45) is 12.5 Å². The summed E-state index contributed by atoms with van der Waals surface area (Å²) in [6, 6.07) is 8.32. The molecule has 0 unspecified atom stereocenters. The minimum Gasteiger partial charge on any atom is -0.355 e. The van der Waals surface area contributed by atoms with Gasteiger partial charge in [-0.1, -0.05) is 0 Å². The average Bonchev–Trinajstić information content (AvgIpc) is 3.42. The Morgan fingerprint density at radius 2 is 1.88 bits per heavy atom. The van der Waals surface area contributed by atoms with Gasteiger partial charge in [0.25, 0.3) is 5.91 Å². The van der Waals surface area contributed by atoms with Gasteiger partial charge in [0, 0.05) is 79.5 Å². The van der Waals surface area contributed by atoms with E-state index in [0.717, 1.165) is 46.7 Å². The van der Waals surface area contributed by atoms with Crippen molar-refractivity contribution in [1.29, 1.82) is 5.26 Å². The number of hydrogen-bond donors (Lipinski definition) is 0. The molecular formula is C25H20N8O. The van der Waals surface area contributed by atoms with Crippen molar-refractivity contribution in [3.05, 3.63) is 54.7 Å². The summed E-state index contributed by atoms with van der Waals surface area (Å²) in [6.45, 7) is 3.13. The number of pyridine rings is 2. The molecule has 0 radical (unpaired) electrons. The summed E-state index contributed by atoms with van der Waals surface area (Å²) in [4.78, 5) is 20.2. The van der Waals surface area contributed by atoms with Gasteiger partial charge in [-0.25, -0.2) is 9.50 Å². The molecule has 9 heteroatoms. The third-order valence-electron chi connectivity index (χ3n) is 6.67. The van der Waals surface area contributed by atoms with Crippen LogP contribution in [0.1, 0.15) is 5.56 Å². The molecule has 4 aromatic heterocycles. The number of hydrogen-bond acceptors (Lipinski definition) is 6. The third-order valence-corrected chi connectivity index (χ3v) is 6.67. The lowest BCUT2D eigenvalue weighted by Gasteiger charge is -2.60. The SMILES string of the molecule is C#CC(=O)N1CC2(C1)CN(c1ccc(-c3cc(-c4cnn(C)c4)cn4ncc(C#N)c34)cn1)C2. The molecule has 2 aliphatic rings. The van der Waals surface area contributed by atoms with Crippen molar-refractivity contribution in [3.8, 4) is 40.7 Å². The fraction of sp³-hybridized carbons (Fsp3) is 0.240. The number of amides is 1. The van der Waals surface area contributed by atoms with Crippen LogP contribution in [0.5, 0.6) is 0 Å². The molecule has 0 atom stereocenters. The van der Waals surface area contributed by atoms with Crippen LogP contribution in [0.2, 0.25) is 0 Å². The number of carbonyl (C=O) groups excluding carboxylic acids is 1. The smallest absolute Gasteiger partial charge is 0.298 e. The van der Waals surface area contributed by atoms with Crippen LogP contribution in [0.15, 0.2) is 49.2 Å². The third kappa shape index (κ3) is 3.02. The standard InChI is InChI=1S/C25H20N8O/c1-3-23(34)32-15-25(16-32)13-31(14-25)22-5-4-17(8-27-22)21-6-18(20-10-28-30(2)11-20)12-33-24(21)19(7-26)9-29-33/h1,4-6,8-12H,13-16H2,2H3. The highest BCUT2D eigenvalue weighted by atomic mass is 16.2. The quantitative estimate of drug-likeness (QED) is 0.445. The molecule has 1 spiro atoms. The lowest BCUT2D eigenvalue weighted by molar-refractivity contribution is -0.138. The van der Waals surface area contributed by atoms with E-state index in [0.29, 0.717) is 18.7 Å². The zero-order valence-electron chi connectivity index (χ0n) is 18.5. The summed E-state index contributed by atoms with van der Waals surface area (Å²) >= 11 is 0. The predicted octanol–water partition coefficient (Wildman–Crippen LogP) is 1.95. The molecule has 0 N–H and O–H groups in total. The molecule has 2 aliphatic heterocycles. The zero-order chi connectivity index (χ0) is 23.4. The van der Waals surface area contributed by atoms with Crippen LogP contribution >= 0.6 is 0 Å². The summed E-state index contributed by atoms with van der Waals surface area (Å²) in [5.74, 6) is 2.84. The lowest BCUT2D eigenvalue weighted by atomic mass is 9.73. The van der Waals surface area contributed by atoms with E-state index in [1.807, 2.05) is 37.8 Å². The summed E-state index contributed by atoms with van der Waals surface area (Å²) in [5.41, 5.74) is 5.10. The number of aromatic nitrogens is 5. The van der Waals surface area contributed by atoms with E-state index in [1.54, 1.807) is 26.5 Å². The first-order chi connectivity index (χ1) is 16.5. The minimum atomic E-state index is -0.233. The van der Waals surface area contributed by atoms with Crippen molar-refractivity contribution in [3.63, 3.8) is 0 Å². The molecule has 0 aromatic carbocycles. The van der Waals surface area contributed by atoms with Crippen molar-refractivity contribution >= 4 is 17.2 Å². The van der Waals surface area contributed by atoms with E-state index < -0.39 is 0 Å². The van der Waals surface area contributed by atoms with E-state index in [1.165, 1.54) is 0 Å². The molecule has 9 nitrogen and oxygen atoms in total. The Hall–Kier alpha value is -4.63. The van der Waals surface area contributed by atoms with E-state index in [2.05, 4.69) is 33.2 Å². The van der Waals surface area contributed by atoms with Gasteiger partial charge in [-0.3, -0.25) is 9.48 Å². The number of rotatable bonds is 3. The summed E-state index contributed by atoms with van der Waals surface area (Å²) < 4.78 is 3.49. The van der Waals surface area contributed by atoms with Gasteiger partial charge in [0.05, 0.1) is 23.5 Å². The highest BCUT2D eigenvalue weighted by Crippen LogP contribution is 2.41. The summed E-state index contributed by atoms with van der Waals surface area (Å²) in [7, 11) is 1.88. The van der Waals surface area contributed by atoms with Gasteiger partial charge < -0.3 is 9.80 Å². The summed E-state index contributed by atoms with van der Waals surface area (Å²) in [6.07, 6.45) is 14.3. The highest BCUT2D eigenvalue weighted by Gasteiger charge is 2.53. The van der Waals surface area contributed by atoms with E-state index in [9.17, 15) is 10.1 Å². The van der Waals surface area contributed by atoms with Crippen LogP contribution in [0, 0.1) is 29.1 Å². The van der Waals surface area contributed by atoms with Crippen molar-refractivity contribution < 1.29 is 4.79 Å². The van der Waals surface area contributed by atoms with Crippen LogP contribution in [0.25, 0.3) is 27.8 Å². The first-order valence-corrected chi connectivity index (χ1v) is 10.9. The molecule has 0 bridgehead atoms. The Balaban J connectivity index is 1.29. The number of nitriles is 1. The Morgan fingerprint density at radius 3 is 2.53 bits per heavy atom. The van der Waals surface area contributed by atoms with Crippen LogP contribution in [-0.2, 0) is 11.8 Å². The van der Waals surface area contributed by atoms with Crippen molar-refractivity contribution in [1.82, 2.24) is 29.3 Å². The van der Waals surface area contributed by atoms with Gasteiger partial charge in [0.15, 0.2) is 0 Å². The maximum absolute atomic E-state index is 11.6. The zero-order valence-corrected chi connectivity index (χ0v) is 18.5. The van der Waals surface area contributed by atoms with E-state index in [4.69, 9.17) is 11.4 Å². The maximum atomic E-state index is 11.6. The van der Waals surface area contributed by atoms with Gasteiger partial charge in [-0.15, -0.1) is 6.42 Å². The molecule has 2 saturated heterocycles. The van der Waals surface area contributed by atoms with Crippen LogP contribution in [0.3, 0.4) is 0 Å². The van der Waals surface area contributed by atoms with Crippen molar-refractivity contribution in [2.45, 2.75) is 0 Å². The topological polar surface area (TPSA) is 95.4 Å². The molecule has 166 valence electrons. The first-order valence-electron chi connectivity index (χ1n) is 10.9. The molecule has 2 fully saturated rings. The largest absolute Gasteiger partial charge is 0.355 e. The second-order valence-electron chi connectivity index (χ2n) is 9.08.